The minimum atomic E-state index is -1.31. The molecule has 41 heavy (non-hydrogen) atoms. The molecular weight excluding hydrogens is 543 g/mol. The van der Waals surface area contributed by atoms with Gasteiger partial charge < -0.3 is 29.5 Å². The third kappa shape index (κ3) is 6.30. The number of piperidine rings is 1. The van der Waals surface area contributed by atoms with E-state index in [-0.39, 0.29) is 30.5 Å². The number of hydrogen-bond donors (Lipinski definition) is 2. The highest BCUT2D eigenvalue weighted by Gasteiger charge is 2.38. The lowest BCUT2D eigenvalue weighted by molar-refractivity contribution is 0.175. The minimum absolute atomic E-state index is 0.0991. The van der Waals surface area contributed by atoms with Crippen molar-refractivity contribution in [1.82, 2.24) is 25.4 Å². The summed E-state index contributed by atoms with van der Waals surface area (Å²) in [5, 5.41) is 15.6. The lowest BCUT2D eigenvalue weighted by Gasteiger charge is -2.35. The van der Waals surface area contributed by atoms with Gasteiger partial charge in [0.25, 0.3) is 0 Å². The van der Waals surface area contributed by atoms with Gasteiger partial charge in [0.1, 0.15) is 5.82 Å². The topological polar surface area (TPSA) is 130 Å². The number of ether oxygens (including phenoxy) is 1. The Kier molecular flexibility index (Phi) is 8.18. The Morgan fingerprint density at radius 3 is 2.51 bits per heavy atom. The van der Waals surface area contributed by atoms with E-state index in [9.17, 15) is 23.1 Å². The van der Waals surface area contributed by atoms with Gasteiger partial charge in [-0.1, -0.05) is 25.9 Å². The van der Waals surface area contributed by atoms with Gasteiger partial charge in [-0.2, -0.15) is 4.98 Å². The number of rotatable bonds is 8. The first-order valence-electron chi connectivity index (χ1n) is 13.5. The van der Waals surface area contributed by atoms with Crippen LogP contribution < -0.4 is 19.9 Å². The fourth-order valence-electron chi connectivity index (χ4n) is 5.36. The van der Waals surface area contributed by atoms with Crippen molar-refractivity contribution in [3.05, 3.63) is 53.4 Å². The molecule has 2 aliphatic heterocycles. The van der Waals surface area contributed by atoms with Crippen LogP contribution in [-0.2, 0) is 0 Å². The molecule has 14 heteroatoms. The molecule has 0 unspecified atom stereocenters. The third-order valence-electron chi connectivity index (χ3n) is 7.73. The maximum absolute atomic E-state index is 14.5. The zero-order valence-electron chi connectivity index (χ0n) is 22.9. The molecule has 0 saturated carbocycles. The SMILES string of the molecule is CC(C)c1noc(N2CC[C@H](COc3cnc(N4C[C@H](NC(=O)O)[C@@H](c5cc(F)c(F)cc5F)C4)nc3)[C@H](C)C2)n1. The fourth-order valence-corrected chi connectivity index (χ4v) is 5.36. The average molecular weight is 576 g/mol. The molecule has 220 valence electrons. The van der Waals surface area contributed by atoms with Crippen LogP contribution in [0.15, 0.2) is 29.0 Å². The van der Waals surface area contributed by atoms with Crippen LogP contribution in [0.1, 0.15) is 50.4 Å². The smallest absolute Gasteiger partial charge is 0.404 e. The van der Waals surface area contributed by atoms with Gasteiger partial charge in [-0.05, 0) is 29.9 Å². The van der Waals surface area contributed by atoms with Crippen molar-refractivity contribution in [3.8, 4) is 5.75 Å². The predicted molar refractivity (Wildman–Crippen MR) is 142 cm³/mol. The summed E-state index contributed by atoms with van der Waals surface area (Å²) >= 11 is 0. The standard InChI is InChI=1S/C27H32F3N7O4/c1-14(2)24-34-26(41-35-24)36-5-4-16(15(3)10-36)13-40-17-8-31-25(32-9-17)37-11-19(23(12-37)33-27(38)39)18-6-21(29)22(30)7-20(18)28/h6-9,14-16,19,23,33H,4-5,10-13H2,1-3H3,(H,38,39)/t15-,16-,19-,23+/m1/s1. The maximum Gasteiger partial charge on any atom is 0.404 e. The normalized spacial score (nSPS) is 22.8. The largest absolute Gasteiger partial charge is 0.490 e. The second-order valence-corrected chi connectivity index (χ2v) is 10.9. The van der Waals surface area contributed by atoms with E-state index in [2.05, 4.69) is 37.2 Å². The molecule has 2 aliphatic rings. The van der Waals surface area contributed by atoms with Gasteiger partial charge in [-0.3, -0.25) is 0 Å². The number of nitrogens with zero attached hydrogens (tertiary/aromatic N) is 6. The van der Waals surface area contributed by atoms with Gasteiger partial charge in [-0.25, -0.2) is 27.9 Å². The summed E-state index contributed by atoms with van der Waals surface area (Å²) in [4.78, 5) is 28.3. The van der Waals surface area contributed by atoms with Gasteiger partial charge in [0.15, 0.2) is 23.2 Å². The molecule has 1 amide bonds. The quantitative estimate of drug-likeness (QED) is 0.377. The van der Waals surface area contributed by atoms with E-state index in [1.54, 1.807) is 4.90 Å². The number of nitrogens with one attached hydrogen (secondary N) is 1. The number of halogens is 3. The van der Waals surface area contributed by atoms with Crippen LogP contribution in [0.2, 0.25) is 0 Å². The first-order chi connectivity index (χ1) is 19.6. The van der Waals surface area contributed by atoms with Crippen LogP contribution in [-0.4, -0.2) is 70.1 Å². The first kappa shape index (κ1) is 28.4. The van der Waals surface area contributed by atoms with Crippen molar-refractivity contribution >= 4 is 18.1 Å². The van der Waals surface area contributed by atoms with E-state index in [1.165, 1.54) is 12.4 Å². The molecule has 11 nitrogen and oxygen atoms in total. The monoisotopic (exact) mass is 575 g/mol. The van der Waals surface area contributed by atoms with Crippen molar-refractivity contribution in [1.29, 1.82) is 0 Å². The van der Waals surface area contributed by atoms with Crippen molar-refractivity contribution in [2.24, 2.45) is 11.8 Å². The molecule has 4 atom stereocenters. The van der Waals surface area contributed by atoms with E-state index in [0.29, 0.717) is 42.1 Å². The number of hydrogen-bond acceptors (Lipinski definition) is 9. The summed E-state index contributed by atoms with van der Waals surface area (Å²) in [6, 6.07) is 0.986. The summed E-state index contributed by atoms with van der Waals surface area (Å²) in [5.41, 5.74) is -0.121. The van der Waals surface area contributed by atoms with Crippen molar-refractivity contribution in [3.63, 3.8) is 0 Å². The molecule has 2 fully saturated rings. The maximum atomic E-state index is 14.5. The third-order valence-corrected chi connectivity index (χ3v) is 7.73. The van der Waals surface area contributed by atoms with Crippen LogP contribution >= 0.6 is 0 Å². The first-order valence-corrected chi connectivity index (χ1v) is 13.5. The Hall–Kier alpha value is -4.10. The van der Waals surface area contributed by atoms with Crippen LogP contribution in [0.4, 0.5) is 29.9 Å². The number of anilines is 2. The second-order valence-electron chi connectivity index (χ2n) is 10.9. The molecule has 0 aliphatic carbocycles. The zero-order chi connectivity index (χ0) is 29.3. The molecule has 4 heterocycles. The molecule has 2 aromatic heterocycles. The molecule has 2 saturated heterocycles. The second kappa shape index (κ2) is 11.8. The molecule has 0 bridgehead atoms. The van der Waals surface area contributed by atoms with Gasteiger partial charge in [0.05, 0.1) is 25.0 Å². The zero-order valence-corrected chi connectivity index (χ0v) is 22.9. The lowest BCUT2D eigenvalue weighted by atomic mass is 9.88. The Morgan fingerprint density at radius 1 is 1.12 bits per heavy atom. The Morgan fingerprint density at radius 2 is 1.85 bits per heavy atom. The highest BCUT2D eigenvalue weighted by Crippen LogP contribution is 2.33. The van der Waals surface area contributed by atoms with E-state index in [0.717, 1.165) is 25.6 Å². The number of carbonyl (C=O) groups is 1. The van der Waals surface area contributed by atoms with Gasteiger partial charge in [-0.15, -0.1) is 0 Å². The van der Waals surface area contributed by atoms with Crippen LogP contribution in [0.3, 0.4) is 0 Å². The fraction of sp³-hybridized carbons (Fsp3) is 0.519. The van der Waals surface area contributed by atoms with E-state index in [4.69, 9.17) is 9.26 Å². The average Bonchev–Trinajstić information content (AvgIpc) is 3.58. The van der Waals surface area contributed by atoms with Gasteiger partial charge in [0.2, 0.25) is 5.95 Å². The lowest BCUT2D eigenvalue weighted by Crippen LogP contribution is -2.41. The number of amides is 1. The number of aromatic nitrogens is 4. The van der Waals surface area contributed by atoms with E-state index >= 15 is 0 Å². The van der Waals surface area contributed by atoms with Crippen LogP contribution in [0.5, 0.6) is 5.75 Å². The minimum Gasteiger partial charge on any atom is -0.490 e. The molecule has 0 spiro atoms. The molecule has 0 radical (unpaired) electrons. The molecule has 1 aromatic carbocycles. The van der Waals surface area contributed by atoms with Crippen molar-refractivity contribution in [2.75, 3.05) is 42.6 Å². The Bertz CT molecular complexity index is 1370. The van der Waals surface area contributed by atoms with E-state index < -0.39 is 35.5 Å². The van der Waals surface area contributed by atoms with Crippen LogP contribution in [0, 0.1) is 29.3 Å². The summed E-state index contributed by atoms with van der Waals surface area (Å²) in [5.74, 6) is -1.99. The molecule has 3 aromatic rings. The molecule has 5 rings (SSSR count). The molecule has 2 N–H and O–H groups in total. The Labute approximate surface area is 234 Å². The highest BCUT2D eigenvalue weighted by atomic mass is 19.2. The van der Waals surface area contributed by atoms with Crippen LogP contribution in [0.25, 0.3) is 0 Å². The predicted octanol–water partition coefficient (Wildman–Crippen LogP) is 4.18. The number of benzene rings is 1. The Balaban J connectivity index is 1.19. The number of carboxylic acid groups (broad SMARTS) is 1. The van der Waals surface area contributed by atoms with Crippen molar-refractivity contribution < 1.29 is 32.3 Å². The van der Waals surface area contributed by atoms with Gasteiger partial charge >= 0.3 is 12.1 Å². The van der Waals surface area contributed by atoms with Gasteiger partial charge in [0, 0.05) is 44.1 Å². The van der Waals surface area contributed by atoms with E-state index in [1.807, 2.05) is 13.8 Å². The summed E-state index contributed by atoms with van der Waals surface area (Å²) < 4.78 is 53.3. The van der Waals surface area contributed by atoms with Crippen molar-refractivity contribution in [2.45, 2.75) is 45.1 Å². The summed E-state index contributed by atoms with van der Waals surface area (Å²) in [7, 11) is 0. The summed E-state index contributed by atoms with van der Waals surface area (Å²) in [6.45, 7) is 8.42. The highest BCUT2D eigenvalue weighted by molar-refractivity contribution is 5.65. The molecular formula is C27H32F3N7O4. The summed E-state index contributed by atoms with van der Waals surface area (Å²) in [6.07, 6.45) is 2.62.